The smallest absolute Gasteiger partial charge is 0.261 e. The molecule has 0 saturated heterocycles. The van der Waals surface area contributed by atoms with Gasteiger partial charge >= 0.3 is 0 Å². The molecule has 0 bridgehead atoms. The number of amides is 1. The first kappa shape index (κ1) is 18.2. The second kappa shape index (κ2) is 6.46. The lowest BCUT2D eigenvalue weighted by Gasteiger charge is -2.25. The van der Waals surface area contributed by atoms with Gasteiger partial charge in [-0.1, -0.05) is 0 Å². The number of aliphatic hydroxyl groups is 1. The highest BCUT2D eigenvalue weighted by Crippen LogP contribution is 2.39. The molecule has 1 unspecified atom stereocenters. The van der Waals surface area contributed by atoms with Crippen LogP contribution in [0.15, 0.2) is 40.8 Å². The Hall–Kier alpha value is -4.18. The molecule has 8 N–H and O–H groups in total. The molecule has 0 saturated carbocycles. The van der Waals surface area contributed by atoms with Gasteiger partial charge in [0.05, 0.1) is 16.9 Å². The number of rotatable bonds is 2. The van der Waals surface area contributed by atoms with Gasteiger partial charge in [0.2, 0.25) is 0 Å². The maximum Gasteiger partial charge on any atom is 0.261 e. The predicted molar refractivity (Wildman–Crippen MR) is 103 cm³/mol. The number of fused-ring (bicyclic) bond motifs is 2. The van der Waals surface area contributed by atoms with Crippen molar-refractivity contribution in [3.8, 4) is 23.0 Å². The van der Waals surface area contributed by atoms with Crippen molar-refractivity contribution in [2.75, 3.05) is 5.32 Å². The van der Waals surface area contributed by atoms with E-state index in [-0.39, 0.29) is 28.2 Å². The highest BCUT2D eigenvalue weighted by Gasteiger charge is 2.25. The number of benzene rings is 2. The van der Waals surface area contributed by atoms with E-state index >= 15 is 0 Å². The number of pyridine rings is 1. The zero-order chi connectivity index (χ0) is 20.9. The third-order valence-electron chi connectivity index (χ3n) is 4.55. The van der Waals surface area contributed by atoms with Gasteiger partial charge in [-0.15, -0.1) is 0 Å². The number of H-pyrrole nitrogens is 1. The molecule has 0 aliphatic carbocycles. The third-order valence-corrected chi connectivity index (χ3v) is 4.55. The first-order valence-corrected chi connectivity index (χ1v) is 8.36. The zero-order valence-electron chi connectivity index (χ0n) is 14.6. The molecule has 0 radical (unpaired) electrons. The molecular formula is C19H15N3O7. The van der Waals surface area contributed by atoms with Crippen LogP contribution in [0.25, 0.3) is 17.0 Å². The maximum absolute atomic E-state index is 12.6. The molecule has 148 valence electrons. The van der Waals surface area contributed by atoms with E-state index in [9.17, 15) is 35.1 Å². The molecule has 4 rings (SSSR count). The Morgan fingerprint density at radius 2 is 1.69 bits per heavy atom. The van der Waals surface area contributed by atoms with Crippen molar-refractivity contribution in [3.63, 3.8) is 0 Å². The summed E-state index contributed by atoms with van der Waals surface area (Å²) in [5.74, 6) is -2.57. The monoisotopic (exact) mass is 397 g/mol. The molecule has 1 aliphatic rings. The summed E-state index contributed by atoms with van der Waals surface area (Å²) < 4.78 is 0. The first-order chi connectivity index (χ1) is 13.8. The Labute approximate surface area is 162 Å². The fourth-order valence-electron chi connectivity index (χ4n) is 3.05. The van der Waals surface area contributed by atoms with Gasteiger partial charge in [0.25, 0.3) is 11.5 Å². The molecule has 0 spiro atoms. The molecule has 1 aromatic heterocycles. The van der Waals surface area contributed by atoms with E-state index < -0.39 is 34.9 Å². The summed E-state index contributed by atoms with van der Waals surface area (Å²) in [6.45, 7) is 0. The molecule has 10 heteroatoms. The van der Waals surface area contributed by atoms with Crippen LogP contribution < -0.4 is 16.2 Å². The van der Waals surface area contributed by atoms with Crippen LogP contribution in [-0.4, -0.2) is 42.7 Å². The van der Waals surface area contributed by atoms with Crippen molar-refractivity contribution in [3.05, 3.63) is 57.5 Å². The van der Waals surface area contributed by atoms with Crippen LogP contribution >= 0.6 is 0 Å². The Balaban J connectivity index is 1.70. The van der Waals surface area contributed by atoms with Gasteiger partial charge in [-0.3, -0.25) is 9.59 Å². The van der Waals surface area contributed by atoms with E-state index in [1.165, 1.54) is 36.4 Å². The van der Waals surface area contributed by atoms with Crippen LogP contribution in [0, 0.1) is 0 Å². The lowest BCUT2D eigenvalue weighted by molar-refractivity contribution is 0.0951. The van der Waals surface area contributed by atoms with E-state index in [0.29, 0.717) is 10.9 Å². The molecule has 10 nitrogen and oxygen atoms in total. The number of nitrogens with one attached hydrogen (secondary N) is 3. The van der Waals surface area contributed by atoms with Crippen molar-refractivity contribution in [2.45, 2.75) is 6.23 Å². The van der Waals surface area contributed by atoms with Crippen molar-refractivity contribution in [1.29, 1.82) is 0 Å². The minimum atomic E-state index is -1.42. The van der Waals surface area contributed by atoms with Gasteiger partial charge < -0.3 is 41.2 Å². The average Bonchev–Trinajstić information content (AvgIpc) is 2.69. The van der Waals surface area contributed by atoms with E-state index in [1.54, 1.807) is 0 Å². The van der Waals surface area contributed by atoms with Gasteiger partial charge in [-0.25, -0.2) is 0 Å². The van der Waals surface area contributed by atoms with Crippen molar-refractivity contribution in [1.82, 2.24) is 10.3 Å². The van der Waals surface area contributed by atoms with Crippen molar-refractivity contribution >= 4 is 28.6 Å². The van der Waals surface area contributed by atoms with E-state index in [0.717, 1.165) is 0 Å². The number of anilines is 1. The summed E-state index contributed by atoms with van der Waals surface area (Å²) in [6, 6.07) is 6.59. The van der Waals surface area contributed by atoms with Crippen LogP contribution in [0.1, 0.15) is 15.9 Å². The number of aromatic amines is 1. The highest BCUT2D eigenvalue weighted by atomic mass is 16.3. The number of aromatic nitrogens is 1. The first-order valence-electron chi connectivity index (χ1n) is 8.36. The molecule has 2 heterocycles. The van der Waals surface area contributed by atoms with Gasteiger partial charge in [-0.2, -0.15) is 0 Å². The largest absolute Gasteiger partial charge is 0.504 e. The summed E-state index contributed by atoms with van der Waals surface area (Å²) in [5.41, 5.74) is -0.606. The number of carbonyl (C=O) groups excluding carboxylic acids is 1. The topological polar surface area (TPSA) is 175 Å². The quantitative estimate of drug-likeness (QED) is 0.294. The third kappa shape index (κ3) is 2.97. The van der Waals surface area contributed by atoms with E-state index in [4.69, 9.17) is 0 Å². The fourth-order valence-corrected chi connectivity index (χ4v) is 3.05. The number of carbonyl (C=O) groups is 1. The summed E-state index contributed by atoms with van der Waals surface area (Å²) in [7, 11) is 0. The lowest BCUT2D eigenvalue weighted by atomic mass is 10.0. The molecule has 2 aromatic carbocycles. The number of hydrogen-bond acceptors (Lipinski definition) is 8. The van der Waals surface area contributed by atoms with Crippen molar-refractivity contribution < 1.29 is 30.3 Å². The Morgan fingerprint density at radius 1 is 1.00 bits per heavy atom. The summed E-state index contributed by atoms with van der Waals surface area (Å²) in [5, 5.41) is 54.2. The number of aromatic hydroxyl groups is 4. The summed E-state index contributed by atoms with van der Waals surface area (Å²) in [4.78, 5) is 27.2. The Kier molecular flexibility index (Phi) is 4.05. The minimum Gasteiger partial charge on any atom is -0.504 e. The van der Waals surface area contributed by atoms with Crippen LogP contribution in [-0.2, 0) is 0 Å². The molecule has 1 atom stereocenters. The summed E-state index contributed by atoms with van der Waals surface area (Å²) in [6.07, 6.45) is -0.0354. The van der Waals surface area contributed by atoms with Gasteiger partial charge in [-0.05, 0) is 36.4 Å². The fraction of sp³-hybridized carbons (Fsp3) is 0.0526. The molecule has 3 aromatic rings. The molecule has 29 heavy (non-hydrogen) atoms. The molecule has 1 amide bonds. The predicted octanol–water partition coefficient (Wildman–Crippen LogP) is 0.865. The minimum absolute atomic E-state index is 0.0145. The maximum atomic E-state index is 12.6. The average molecular weight is 397 g/mol. The number of aliphatic hydroxyl groups excluding tert-OH is 1. The molecule has 0 fully saturated rings. The Bertz CT molecular complexity index is 1260. The van der Waals surface area contributed by atoms with Crippen LogP contribution in [0.4, 0.5) is 5.69 Å². The number of hydrogen-bond donors (Lipinski definition) is 8. The summed E-state index contributed by atoms with van der Waals surface area (Å²) >= 11 is 0. The van der Waals surface area contributed by atoms with Gasteiger partial charge in [0, 0.05) is 10.9 Å². The Morgan fingerprint density at radius 3 is 2.45 bits per heavy atom. The van der Waals surface area contributed by atoms with E-state index in [1.807, 2.05) is 0 Å². The highest BCUT2D eigenvalue weighted by molar-refractivity contribution is 6.00. The second-order valence-corrected chi connectivity index (χ2v) is 6.41. The van der Waals surface area contributed by atoms with Gasteiger partial charge in [0.15, 0.2) is 29.2 Å². The molecular weight excluding hydrogens is 382 g/mol. The number of phenols is 4. The van der Waals surface area contributed by atoms with Crippen molar-refractivity contribution in [2.24, 2.45) is 0 Å². The van der Waals surface area contributed by atoms with Crippen LogP contribution in [0.2, 0.25) is 0 Å². The van der Waals surface area contributed by atoms with Crippen LogP contribution in [0.3, 0.4) is 0 Å². The molecule has 1 aliphatic heterocycles. The van der Waals surface area contributed by atoms with Crippen LogP contribution in [0.5, 0.6) is 23.0 Å². The lowest BCUT2D eigenvalue weighted by Crippen LogP contribution is -2.37. The second-order valence-electron chi connectivity index (χ2n) is 6.41. The SMILES string of the molecule is O=C(NC1=Cc2ccc(O)c(O)c2NC1O)c1cc2ccc(O)c(O)c2[nH]c1=O. The van der Waals surface area contributed by atoms with Gasteiger partial charge in [0.1, 0.15) is 5.56 Å². The zero-order valence-corrected chi connectivity index (χ0v) is 14.6. The van der Waals surface area contributed by atoms with E-state index in [2.05, 4.69) is 15.6 Å². The number of phenolic OH excluding ortho intramolecular Hbond substituents is 4. The standard InChI is InChI=1S/C19H15N3O7/c23-11-3-1-7-5-9(18(28)21-13(7)15(11)25)17(27)20-10-6-8-2-4-12(24)16(26)14(8)22-19(10)29/h1-6,19,22-26,29H,(H,20,27)(H,21,28). The normalized spacial score (nSPS) is 15.3.